The SMILES string of the molecule is Cn1cc(Cl)cc1C(=O)N1CCOC[C@@H]1c1cccn1C. The number of aryl methyl sites for hydroxylation is 2. The Morgan fingerprint density at radius 3 is 2.81 bits per heavy atom. The van der Waals surface area contributed by atoms with Crippen LogP contribution in [-0.2, 0) is 18.8 Å². The second kappa shape index (κ2) is 5.58. The van der Waals surface area contributed by atoms with Gasteiger partial charge in [0.25, 0.3) is 5.91 Å². The van der Waals surface area contributed by atoms with Crippen molar-refractivity contribution in [1.82, 2.24) is 14.0 Å². The van der Waals surface area contributed by atoms with Gasteiger partial charge in [0.15, 0.2) is 0 Å². The van der Waals surface area contributed by atoms with Crippen LogP contribution in [0.25, 0.3) is 0 Å². The van der Waals surface area contributed by atoms with Crippen LogP contribution in [-0.4, -0.2) is 39.7 Å². The first-order valence-electron chi connectivity index (χ1n) is 6.89. The molecule has 0 radical (unpaired) electrons. The Labute approximate surface area is 128 Å². The molecule has 0 aliphatic carbocycles. The molecule has 1 aliphatic rings. The van der Waals surface area contributed by atoms with Gasteiger partial charge >= 0.3 is 0 Å². The molecule has 0 spiro atoms. The van der Waals surface area contributed by atoms with Crippen molar-refractivity contribution in [1.29, 1.82) is 0 Å². The largest absolute Gasteiger partial charge is 0.377 e. The molecule has 2 aromatic heterocycles. The highest BCUT2D eigenvalue weighted by atomic mass is 35.5. The van der Waals surface area contributed by atoms with E-state index in [0.29, 0.717) is 30.5 Å². The van der Waals surface area contributed by atoms with Gasteiger partial charge in [-0.15, -0.1) is 0 Å². The summed E-state index contributed by atoms with van der Waals surface area (Å²) in [4.78, 5) is 14.7. The zero-order valence-electron chi connectivity index (χ0n) is 12.1. The molecule has 5 nitrogen and oxygen atoms in total. The van der Waals surface area contributed by atoms with Crippen LogP contribution in [0.15, 0.2) is 30.6 Å². The predicted molar refractivity (Wildman–Crippen MR) is 80.4 cm³/mol. The van der Waals surface area contributed by atoms with Crippen LogP contribution in [0, 0.1) is 0 Å². The molecule has 1 atom stereocenters. The van der Waals surface area contributed by atoms with Crippen molar-refractivity contribution >= 4 is 17.5 Å². The Balaban J connectivity index is 1.93. The minimum Gasteiger partial charge on any atom is -0.377 e. The molecule has 0 saturated carbocycles. The Bertz CT molecular complexity index is 662. The van der Waals surface area contributed by atoms with E-state index in [4.69, 9.17) is 16.3 Å². The lowest BCUT2D eigenvalue weighted by Crippen LogP contribution is -2.44. The van der Waals surface area contributed by atoms with E-state index in [0.717, 1.165) is 5.69 Å². The molecule has 1 aliphatic heterocycles. The van der Waals surface area contributed by atoms with Gasteiger partial charge < -0.3 is 18.8 Å². The van der Waals surface area contributed by atoms with Gasteiger partial charge in [0, 0.05) is 38.7 Å². The molecule has 1 saturated heterocycles. The zero-order valence-corrected chi connectivity index (χ0v) is 12.9. The van der Waals surface area contributed by atoms with Crippen molar-refractivity contribution in [2.75, 3.05) is 19.8 Å². The molecule has 0 bridgehead atoms. The number of nitrogens with zero attached hydrogens (tertiary/aromatic N) is 3. The van der Waals surface area contributed by atoms with Crippen molar-refractivity contribution in [3.8, 4) is 0 Å². The Morgan fingerprint density at radius 2 is 2.19 bits per heavy atom. The number of morpholine rings is 1. The van der Waals surface area contributed by atoms with Gasteiger partial charge in [0.2, 0.25) is 0 Å². The first-order valence-corrected chi connectivity index (χ1v) is 7.27. The molecule has 21 heavy (non-hydrogen) atoms. The molecule has 1 amide bonds. The summed E-state index contributed by atoms with van der Waals surface area (Å²) < 4.78 is 9.36. The monoisotopic (exact) mass is 307 g/mol. The van der Waals surface area contributed by atoms with Crippen LogP contribution in [0.3, 0.4) is 0 Å². The van der Waals surface area contributed by atoms with E-state index in [9.17, 15) is 4.79 Å². The Morgan fingerprint density at radius 1 is 1.38 bits per heavy atom. The number of aromatic nitrogens is 2. The average molecular weight is 308 g/mol. The highest BCUT2D eigenvalue weighted by molar-refractivity contribution is 6.31. The maximum atomic E-state index is 12.8. The Kier molecular flexibility index (Phi) is 3.78. The van der Waals surface area contributed by atoms with E-state index >= 15 is 0 Å². The summed E-state index contributed by atoms with van der Waals surface area (Å²) in [6.45, 7) is 1.66. The van der Waals surface area contributed by atoms with Crippen molar-refractivity contribution in [3.63, 3.8) is 0 Å². The predicted octanol–water partition coefficient (Wildman–Crippen LogP) is 2.23. The van der Waals surface area contributed by atoms with Crippen LogP contribution >= 0.6 is 11.6 Å². The number of halogens is 1. The van der Waals surface area contributed by atoms with E-state index < -0.39 is 0 Å². The van der Waals surface area contributed by atoms with Crippen LogP contribution in [0.2, 0.25) is 5.02 Å². The van der Waals surface area contributed by atoms with Gasteiger partial charge in [-0.3, -0.25) is 4.79 Å². The van der Waals surface area contributed by atoms with E-state index in [1.165, 1.54) is 0 Å². The van der Waals surface area contributed by atoms with E-state index in [2.05, 4.69) is 0 Å². The first-order chi connectivity index (χ1) is 10.1. The molecule has 3 heterocycles. The molecule has 112 valence electrons. The fourth-order valence-corrected chi connectivity index (χ4v) is 3.05. The number of hydrogen-bond donors (Lipinski definition) is 0. The second-order valence-corrected chi connectivity index (χ2v) is 5.72. The molecule has 1 fully saturated rings. The highest BCUT2D eigenvalue weighted by Crippen LogP contribution is 2.27. The van der Waals surface area contributed by atoms with Crippen molar-refractivity contribution in [3.05, 3.63) is 47.0 Å². The number of amides is 1. The third-order valence-corrected chi connectivity index (χ3v) is 4.11. The standard InChI is InChI=1S/C15H18ClN3O2/c1-17-5-3-4-12(17)14-10-21-7-6-19(14)15(20)13-8-11(16)9-18(13)2/h3-5,8-9,14H,6-7,10H2,1-2H3/t14-/m1/s1. The summed E-state index contributed by atoms with van der Waals surface area (Å²) in [7, 11) is 3.81. The number of carbonyl (C=O) groups is 1. The lowest BCUT2D eigenvalue weighted by Gasteiger charge is -2.36. The molecule has 0 unspecified atom stereocenters. The van der Waals surface area contributed by atoms with E-state index in [1.807, 2.05) is 41.9 Å². The summed E-state index contributed by atoms with van der Waals surface area (Å²) >= 11 is 5.99. The zero-order chi connectivity index (χ0) is 15.0. The van der Waals surface area contributed by atoms with Crippen molar-refractivity contribution in [2.24, 2.45) is 14.1 Å². The number of rotatable bonds is 2. The number of hydrogen-bond acceptors (Lipinski definition) is 2. The highest BCUT2D eigenvalue weighted by Gasteiger charge is 2.31. The lowest BCUT2D eigenvalue weighted by molar-refractivity contribution is -0.00512. The van der Waals surface area contributed by atoms with Crippen LogP contribution < -0.4 is 0 Å². The van der Waals surface area contributed by atoms with Gasteiger partial charge in [0.05, 0.1) is 24.3 Å². The van der Waals surface area contributed by atoms with Crippen molar-refractivity contribution in [2.45, 2.75) is 6.04 Å². The van der Waals surface area contributed by atoms with Crippen LogP contribution in [0.1, 0.15) is 22.2 Å². The Hall–Kier alpha value is -1.72. The maximum absolute atomic E-state index is 12.8. The summed E-state index contributed by atoms with van der Waals surface area (Å²) in [5, 5.41) is 0.574. The molecule has 0 N–H and O–H groups in total. The number of carbonyl (C=O) groups excluding carboxylic acids is 1. The van der Waals surface area contributed by atoms with E-state index in [1.54, 1.807) is 16.8 Å². The number of ether oxygens (including phenoxy) is 1. The minimum absolute atomic E-state index is 0.0149. The fraction of sp³-hybridized carbons (Fsp3) is 0.400. The second-order valence-electron chi connectivity index (χ2n) is 5.29. The third-order valence-electron chi connectivity index (χ3n) is 3.91. The van der Waals surface area contributed by atoms with Crippen LogP contribution in [0.4, 0.5) is 0 Å². The van der Waals surface area contributed by atoms with Gasteiger partial charge in [0.1, 0.15) is 5.69 Å². The summed E-state index contributed by atoms with van der Waals surface area (Å²) in [6, 6.07) is 5.64. The minimum atomic E-state index is -0.0695. The molecular formula is C15H18ClN3O2. The third kappa shape index (κ3) is 2.59. The molecule has 0 aromatic carbocycles. The topological polar surface area (TPSA) is 39.4 Å². The van der Waals surface area contributed by atoms with Gasteiger partial charge in [-0.25, -0.2) is 0 Å². The maximum Gasteiger partial charge on any atom is 0.271 e. The van der Waals surface area contributed by atoms with Gasteiger partial charge in [-0.2, -0.15) is 0 Å². The van der Waals surface area contributed by atoms with Gasteiger partial charge in [-0.1, -0.05) is 11.6 Å². The summed E-state index contributed by atoms with van der Waals surface area (Å²) in [5.41, 5.74) is 1.67. The molecule has 3 rings (SSSR count). The molecule has 6 heteroatoms. The van der Waals surface area contributed by atoms with Crippen LogP contribution in [0.5, 0.6) is 0 Å². The van der Waals surface area contributed by atoms with E-state index in [-0.39, 0.29) is 11.9 Å². The van der Waals surface area contributed by atoms with Gasteiger partial charge in [-0.05, 0) is 18.2 Å². The molecule has 2 aromatic rings. The fourth-order valence-electron chi connectivity index (χ4n) is 2.80. The average Bonchev–Trinajstić information content (AvgIpc) is 3.03. The van der Waals surface area contributed by atoms with Crippen molar-refractivity contribution < 1.29 is 9.53 Å². The first kappa shape index (κ1) is 14.2. The molecular weight excluding hydrogens is 290 g/mol. The normalized spacial score (nSPS) is 19.0. The smallest absolute Gasteiger partial charge is 0.271 e. The lowest BCUT2D eigenvalue weighted by atomic mass is 10.1. The quantitative estimate of drug-likeness (QED) is 0.853. The summed E-state index contributed by atoms with van der Waals surface area (Å²) in [6.07, 6.45) is 3.72. The summed E-state index contributed by atoms with van der Waals surface area (Å²) in [5.74, 6) is -0.0149.